The molecule has 0 unspecified atom stereocenters. The van der Waals surface area contributed by atoms with Gasteiger partial charge in [0.1, 0.15) is 0 Å². The number of aliphatic imine (C=N–C) groups is 1. The van der Waals surface area contributed by atoms with Crippen LogP contribution < -0.4 is 0 Å². The van der Waals surface area contributed by atoms with Crippen molar-refractivity contribution in [1.29, 1.82) is 0 Å². The van der Waals surface area contributed by atoms with Crippen molar-refractivity contribution in [2.75, 3.05) is 0 Å². The predicted octanol–water partition coefficient (Wildman–Crippen LogP) is 4.18. The van der Waals surface area contributed by atoms with Gasteiger partial charge in [-0.3, -0.25) is 0 Å². The van der Waals surface area contributed by atoms with E-state index in [-0.39, 0.29) is 11.4 Å². The number of rotatable bonds is 3. The SMILES string of the molecule is Cn1nc(C(F)(F)F)c(-c2ccccc2)c1N=Cc1ccc[nH]1. The number of nitrogens with one attached hydrogen (secondary N) is 1. The minimum absolute atomic E-state index is 0.0246. The number of nitrogens with zero attached hydrogens (tertiary/aromatic N) is 3. The molecular formula is C16H13F3N4. The molecule has 0 amide bonds. The average molecular weight is 318 g/mol. The van der Waals surface area contributed by atoms with E-state index < -0.39 is 11.9 Å². The summed E-state index contributed by atoms with van der Waals surface area (Å²) in [6, 6.07) is 11.9. The first-order valence-corrected chi connectivity index (χ1v) is 6.84. The Kier molecular flexibility index (Phi) is 3.77. The highest BCUT2D eigenvalue weighted by molar-refractivity contribution is 5.84. The van der Waals surface area contributed by atoms with Crippen LogP contribution in [-0.2, 0) is 13.2 Å². The van der Waals surface area contributed by atoms with Gasteiger partial charge in [-0.05, 0) is 17.7 Å². The van der Waals surface area contributed by atoms with E-state index in [2.05, 4.69) is 15.1 Å². The van der Waals surface area contributed by atoms with Crippen LogP contribution in [0, 0.1) is 0 Å². The third-order valence-electron chi connectivity index (χ3n) is 3.30. The minimum Gasteiger partial charge on any atom is -0.360 e. The number of aryl methyl sites for hydroxylation is 1. The summed E-state index contributed by atoms with van der Waals surface area (Å²) in [5.74, 6) is 0.151. The number of halogens is 3. The van der Waals surface area contributed by atoms with E-state index in [1.807, 2.05) is 0 Å². The Morgan fingerprint density at radius 3 is 2.48 bits per heavy atom. The van der Waals surface area contributed by atoms with Gasteiger partial charge in [-0.1, -0.05) is 30.3 Å². The van der Waals surface area contributed by atoms with Gasteiger partial charge in [-0.15, -0.1) is 0 Å². The average Bonchev–Trinajstić information content (AvgIpc) is 3.13. The maximum atomic E-state index is 13.3. The van der Waals surface area contributed by atoms with Crippen molar-refractivity contribution in [2.24, 2.45) is 12.0 Å². The van der Waals surface area contributed by atoms with Crippen LogP contribution in [0.25, 0.3) is 11.1 Å². The Hall–Kier alpha value is -2.83. The Balaban J connectivity index is 2.17. The molecule has 3 rings (SSSR count). The Morgan fingerprint density at radius 2 is 1.87 bits per heavy atom. The third-order valence-corrected chi connectivity index (χ3v) is 3.30. The highest BCUT2D eigenvalue weighted by Crippen LogP contribution is 2.41. The van der Waals surface area contributed by atoms with Gasteiger partial charge >= 0.3 is 6.18 Å². The molecular weight excluding hydrogens is 305 g/mol. The molecule has 0 saturated heterocycles. The van der Waals surface area contributed by atoms with Gasteiger partial charge in [0, 0.05) is 13.2 Å². The summed E-state index contributed by atoms with van der Waals surface area (Å²) >= 11 is 0. The van der Waals surface area contributed by atoms with Crippen LogP contribution in [0.4, 0.5) is 19.0 Å². The Morgan fingerprint density at radius 1 is 1.13 bits per heavy atom. The summed E-state index contributed by atoms with van der Waals surface area (Å²) in [5.41, 5.74) is 0.151. The Labute approximate surface area is 130 Å². The maximum absolute atomic E-state index is 13.3. The van der Waals surface area contributed by atoms with Gasteiger partial charge in [0.2, 0.25) is 0 Å². The van der Waals surface area contributed by atoms with E-state index in [1.54, 1.807) is 48.7 Å². The van der Waals surface area contributed by atoms with Crippen LogP contribution in [0.3, 0.4) is 0 Å². The molecule has 4 nitrogen and oxygen atoms in total. The van der Waals surface area contributed by atoms with Crippen LogP contribution in [0.5, 0.6) is 0 Å². The summed E-state index contributed by atoms with van der Waals surface area (Å²) < 4.78 is 41.1. The summed E-state index contributed by atoms with van der Waals surface area (Å²) in [4.78, 5) is 7.12. The van der Waals surface area contributed by atoms with Crippen LogP contribution in [0.2, 0.25) is 0 Å². The normalized spacial score (nSPS) is 12.2. The van der Waals surface area contributed by atoms with Crippen LogP contribution in [-0.4, -0.2) is 21.0 Å². The molecule has 0 fully saturated rings. The van der Waals surface area contributed by atoms with E-state index in [9.17, 15) is 13.2 Å². The van der Waals surface area contributed by atoms with Crippen molar-refractivity contribution in [2.45, 2.75) is 6.18 Å². The number of hydrogen-bond donors (Lipinski definition) is 1. The molecule has 0 aliphatic carbocycles. The fraction of sp³-hybridized carbons (Fsp3) is 0.125. The van der Waals surface area contributed by atoms with E-state index in [1.165, 1.54) is 13.3 Å². The van der Waals surface area contributed by atoms with Gasteiger partial charge in [-0.2, -0.15) is 18.3 Å². The number of hydrogen-bond acceptors (Lipinski definition) is 2. The summed E-state index contributed by atoms with van der Waals surface area (Å²) in [5, 5.41) is 3.63. The molecule has 2 heterocycles. The van der Waals surface area contributed by atoms with Gasteiger partial charge in [0.05, 0.1) is 17.5 Å². The van der Waals surface area contributed by atoms with Crippen molar-refractivity contribution in [3.05, 3.63) is 60.0 Å². The lowest BCUT2D eigenvalue weighted by molar-refractivity contribution is -0.140. The lowest BCUT2D eigenvalue weighted by Crippen LogP contribution is -2.08. The second kappa shape index (κ2) is 5.75. The van der Waals surface area contributed by atoms with Crippen molar-refractivity contribution in [1.82, 2.24) is 14.8 Å². The molecule has 0 saturated carbocycles. The number of H-pyrrole nitrogens is 1. The number of benzene rings is 1. The van der Waals surface area contributed by atoms with Gasteiger partial charge in [0.15, 0.2) is 11.5 Å². The summed E-state index contributed by atoms with van der Waals surface area (Å²) in [6.07, 6.45) is -1.36. The molecule has 0 atom stereocenters. The number of alkyl halides is 3. The van der Waals surface area contributed by atoms with E-state index in [0.29, 0.717) is 11.3 Å². The summed E-state index contributed by atoms with van der Waals surface area (Å²) in [7, 11) is 1.45. The Bertz CT molecular complexity index is 815. The quantitative estimate of drug-likeness (QED) is 0.723. The first-order chi connectivity index (χ1) is 11.0. The first-order valence-electron chi connectivity index (χ1n) is 6.84. The highest BCUT2D eigenvalue weighted by atomic mass is 19.4. The standard InChI is InChI=1S/C16H13F3N4/c1-23-15(21-10-12-8-5-9-20-12)13(11-6-3-2-4-7-11)14(22-23)16(17,18)19/h2-10,20H,1H3. The van der Waals surface area contributed by atoms with Gasteiger partial charge in [0.25, 0.3) is 0 Å². The lowest BCUT2D eigenvalue weighted by Gasteiger charge is -2.06. The van der Waals surface area contributed by atoms with E-state index in [4.69, 9.17) is 0 Å². The van der Waals surface area contributed by atoms with E-state index in [0.717, 1.165) is 4.68 Å². The largest absolute Gasteiger partial charge is 0.435 e. The predicted molar refractivity (Wildman–Crippen MR) is 81.7 cm³/mol. The zero-order valence-electron chi connectivity index (χ0n) is 12.2. The second-order valence-electron chi connectivity index (χ2n) is 4.92. The third kappa shape index (κ3) is 3.03. The fourth-order valence-electron chi connectivity index (χ4n) is 2.29. The second-order valence-corrected chi connectivity index (χ2v) is 4.92. The van der Waals surface area contributed by atoms with Crippen molar-refractivity contribution in [3.8, 4) is 11.1 Å². The lowest BCUT2D eigenvalue weighted by atomic mass is 10.1. The molecule has 1 aromatic carbocycles. The molecule has 0 aliphatic rings. The van der Waals surface area contributed by atoms with Gasteiger partial charge < -0.3 is 4.98 Å². The molecule has 0 spiro atoms. The molecule has 0 radical (unpaired) electrons. The zero-order valence-corrected chi connectivity index (χ0v) is 12.2. The molecule has 118 valence electrons. The monoisotopic (exact) mass is 318 g/mol. The smallest absolute Gasteiger partial charge is 0.360 e. The van der Waals surface area contributed by atoms with Crippen LogP contribution >= 0.6 is 0 Å². The topological polar surface area (TPSA) is 46.0 Å². The van der Waals surface area contributed by atoms with E-state index >= 15 is 0 Å². The van der Waals surface area contributed by atoms with Crippen molar-refractivity contribution < 1.29 is 13.2 Å². The fourth-order valence-corrected chi connectivity index (χ4v) is 2.29. The number of aromatic nitrogens is 3. The van der Waals surface area contributed by atoms with Gasteiger partial charge in [-0.25, -0.2) is 9.67 Å². The zero-order chi connectivity index (χ0) is 16.4. The molecule has 0 bridgehead atoms. The molecule has 3 aromatic rings. The number of aromatic amines is 1. The molecule has 23 heavy (non-hydrogen) atoms. The highest BCUT2D eigenvalue weighted by Gasteiger charge is 2.39. The molecule has 0 aliphatic heterocycles. The van der Waals surface area contributed by atoms with Crippen molar-refractivity contribution >= 4 is 12.0 Å². The molecule has 1 N–H and O–H groups in total. The van der Waals surface area contributed by atoms with Crippen molar-refractivity contribution in [3.63, 3.8) is 0 Å². The summed E-state index contributed by atoms with van der Waals surface area (Å²) in [6.45, 7) is 0. The van der Waals surface area contributed by atoms with Crippen LogP contribution in [0.1, 0.15) is 11.4 Å². The maximum Gasteiger partial charge on any atom is 0.435 e. The minimum atomic E-state index is -4.55. The van der Waals surface area contributed by atoms with Crippen LogP contribution in [0.15, 0.2) is 53.7 Å². The first kappa shape index (κ1) is 15.1. The molecule has 2 aromatic heterocycles. The molecule has 7 heteroatoms.